The van der Waals surface area contributed by atoms with E-state index in [0.29, 0.717) is 19.3 Å². The van der Waals surface area contributed by atoms with Gasteiger partial charge in [-0.25, -0.2) is 0 Å². The molecular weight excluding hydrogens is 901 g/mol. The molecule has 6 heteroatoms. The minimum Gasteiger partial charge on any atom is -0.462 e. The van der Waals surface area contributed by atoms with E-state index >= 15 is 0 Å². The predicted octanol–water partition coefficient (Wildman–Crippen LogP) is 20.7. The maximum Gasteiger partial charge on any atom is 0.306 e. The zero-order chi connectivity index (χ0) is 52.9. The van der Waals surface area contributed by atoms with Crippen LogP contribution in [0.2, 0.25) is 0 Å². The lowest BCUT2D eigenvalue weighted by atomic mass is 10.0. The molecule has 0 bridgehead atoms. The van der Waals surface area contributed by atoms with E-state index < -0.39 is 6.10 Å². The van der Waals surface area contributed by atoms with E-state index in [1.54, 1.807) is 0 Å². The van der Waals surface area contributed by atoms with Gasteiger partial charge < -0.3 is 14.2 Å². The highest BCUT2D eigenvalue weighted by Crippen LogP contribution is 2.16. The molecule has 0 aromatic heterocycles. The second-order valence-electron chi connectivity index (χ2n) is 19.9. The molecule has 0 aromatic rings. The highest BCUT2D eigenvalue weighted by molar-refractivity contribution is 5.71. The summed E-state index contributed by atoms with van der Waals surface area (Å²) in [6, 6.07) is 0. The van der Waals surface area contributed by atoms with Gasteiger partial charge in [-0.3, -0.25) is 14.4 Å². The van der Waals surface area contributed by atoms with Gasteiger partial charge in [-0.15, -0.1) is 0 Å². The molecule has 0 amide bonds. The summed E-state index contributed by atoms with van der Waals surface area (Å²) in [7, 11) is 0. The molecule has 1 unspecified atom stereocenters. The highest BCUT2D eigenvalue weighted by Gasteiger charge is 2.19. The number of carbonyl (C=O) groups is 3. The topological polar surface area (TPSA) is 78.9 Å². The van der Waals surface area contributed by atoms with Crippen LogP contribution >= 0.6 is 0 Å². The molecule has 0 aromatic carbocycles. The smallest absolute Gasteiger partial charge is 0.306 e. The summed E-state index contributed by atoms with van der Waals surface area (Å²) < 4.78 is 16.8. The first-order valence-electron chi connectivity index (χ1n) is 30.4. The van der Waals surface area contributed by atoms with Crippen LogP contribution in [0.3, 0.4) is 0 Å². The SMILES string of the molecule is CC/C=C\C/C=C\C/C=C\C/C=C\C/C=C\CCCCCCCCCCCCCC(=O)OCC(COC(=O)CCCCCCC)OC(=O)CCCCCCCCCCCC/C=C\C/C=C\C/C=C\C/C=C\CC. The van der Waals surface area contributed by atoms with Crippen LogP contribution in [0.5, 0.6) is 0 Å². The Morgan fingerprint density at radius 2 is 0.534 bits per heavy atom. The van der Waals surface area contributed by atoms with Crippen LogP contribution in [0.1, 0.15) is 278 Å². The van der Waals surface area contributed by atoms with Gasteiger partial charge in [-0.1, -0.05) is 265 Å². The van der Waals surface area contributed by atoms with E-state index in [1.165, 1.54) is 116 Å². The van der Waals surface area contributed by atoms with Crippen molar-refractivity contribution in [2.75, 3.05) is 13.2 Å². The molecule has 0 radical (unpaired) electrons. The Kier molecular flexibility index (Phi) is 57.4. The van der Waals surface area contributed by atoms with Crippen molar-refractivity contribution in [2.45, 2.75) is 284 Å². The number of carbonyl (C=O) groups excluding carboxylic acids is 3. The molecule has 0 saturated carbocycles. The van der Waals surface area contributed by atoms with Gasteiger partial charge in [0.2, 0.25) is 0 Å². The molecule has 0 rings (SSSR count). The lowest BCUT2D eigenvalue weighted by Crippen LogP contribution is -2.30. The van der Waals surface area contributed by atoms with Crippen molar-refractivity contribution in [3.8, 4) is 0 Å². The first-order valence-corrected chi connectivity index (χ1v) is 30.4. The van der Waals surface area contributed by atoms with Crippen LogP contribution in [-0.4, -0.2) is 37.2 Å². The number of hydrogen-bond acceptors (Lipinski definition) is 6. The minimum atomic E-state index is -0.779. The van der Waals surface area contributed by atoms with E-state index in [4.69, 9.17) is 14.2 Å². The fourth-order valence-corrected chi connectivity index (χ4v) is 8.28. The van der Waals surface area contributed by atoms with E-state index in [9.17, 15) is 14.4 Å². The van der Waals surface area contributed by atoms with Crippen LogP contribution < -0.4 is 0 Å². The predicted molar refractivity (Wildman–Crippen MR) is 316 cm³/mol. The van der Waals surface area contributed by atoms with Gasteiger partial charge in [-0.2, -0.15) is 0 Å². The van der Waals surface area contributed by atoms with Crippen LogP contribution in [0, 0.1) is 0 Å². The number of ether oxygens (including phenoxy) is 3. The maximum atomic E-state index is 12.8. The molecule has 0 heterocycles. The molecule has 6 nitrogen and oxygen atoms in total. The van der Waals surface area contributed by atoms with Gasteiger partial charge in [-0.05, 0) is 103 Å². The average Bonchev–Trinajstić information content (AvgIpc) is 3.39. The third kappa shape index (κ3) is 58.8. The Hall–Kier alpha value is -3.93. The van der Waals surface area contributed by atoms with Crippen molar-refractivity contribution in [3.63, 3.8) is 0 Å². The summed E-state index contributed by atoms with van der Waals surface area (Å²) in [5.74, 6) is -0.899. The van der Waals surface area contributed by atoms with Crippen molar-refractivity contribution in [3.05, 3.63) is 109 Å². The van der Waals surface area contributed by atoms with Gasteiger partial charge in [0, 0.05) is 19.3 Å². The summed E-state index contributed by atoms with van der Waals surface area (Å²) in [4.78, 5) is 37.9. The first kappa shape index (κ1) is 69.1. The van der Waals surface area contributed by atoms with E-state index in [-0.39, 0.29) is 31.1 Å². The van der Waals surface area contributed by atoms with Crippen molar-refractivity contribution >= 4 is 17.9 Å². The molecule has 0 aliphatic heterocycles. The van der Waals surface area contributed by atoms with Crippen LogP contribution in [0.25, 0.3) is 0 Å². The largest absolute Gasteiger partial charge is 0.462 e. The fraction of sp³-hybridized carbons (Fsp3) is 0.687. The fourth-order valence-electron chi connectivity index (χ4n) is 8.28. The van der Waals surface area contributed by atoms with Crippen molar-refractivity contribution < 1.29 is 28.6 Å². The maximum absolute atomic E-state index is 12.8. The molecule has 416 valence electrons. The average molecular weight is 1010 g/mol. The summed E-state index contributed by atoms with van der Waals surface area (Å²) in [5, 5.41) is 0. The molecule has 0 N–H and O–H groups in total. The second kappa shape index (κ2) is 60.6. The summed E-state index contributed by atoms with van der Waals surface area (Å²) in [5.41, 5.74) is 0. The van der Waals surface area contributed by atoms with E-state index in [0.717, 1.165) is 122 Å². The molecule has 0 spiro atoms. The van der Waals surface area contributed by atoms with E-state index in [2.05, 4.69) is 130 Å². The van der Waals surface area contributed by atoms with Gasteiger partial charge in [0.25, 0.3) is 0 Å². The van der Waals surface area contributed by atoms with Gasteiger partial charge >= 0.3 is 17.9 Å². The van der Waals surface area contributed by atoms with Crippen LogP contribution in [0.15, 0.2) is 109 Å². The summed E-state index contributed by atoms with van der Waals surface area (Å²) in [6.45, 7) is 6.34. The lowest BCUT2D eigenvalue weighted by molar-refractivity contribution is -0.167. The van der Waals surface area contributed by atoms with Gasteiger partial charge in [0.15, 0.2) is 6.10 Å². The Balaban J connectivity index is 4.08. The normalized spacial score (nSPS) is 12.9. The third-order valence-electron chi connectivity index (χ3n) is 12.8. The molecule has 0 saturated heterocycles. The van der Waals surface area contributed by atoms with E-state index in [1.807, 2.05) is 0 Å². The summed E-state index contributed by atoms with van der Waals surface area (Å²) in [6.07, 6.45) is 82.7. The number of rotatable bonds is 54. The Bertz CT molecular complexity index is 1490. The molecule has 1 atom stereocenters. The van der Waals surface area contributed by atoms with Gasteiger partial charge in [0.05, 0.1) is 0 Å². The molecule has 0 fully saturated rings. The summed E-state index contributed by atoms with van der Waals surface area (Å²) >= 11 is 0. The Morgan fingerprint density at radius 1 is 0.288 bits per heavy atom. The molecular formula is C67H112O6. The molecule has 73 heavy (non-hydrogen) atoms. The third-order valence-corrected chi connectivity index (χ3v) is 12.8. The van der Waals surface area contributed by atoms with Crippen LogP contribution in [0.4, 0.5) is 0 Å². The van der Waals surface area contributed by atoms with Crippen LogP contribution in [-0.2, 0) is 28.6 Å². The van der Waals surface area contributed by atoms with Gasteiger partial charge in [0.1, 0.15) is 13.2 Å². The van der Waals surface area contributed by atoms with Crippen molar-refractivity contribution in [2.24, 2.45) is 0 Å². The Morgan fingerprint density at radius 3 is 0.836 bits per heavy atom. The first-order chi connectivity index (χ1) is 36.0. The second-order valence-corrected chi connectivity index (χ2v) is 19.9. The molecule has 0 aliphatic carbocycles. The standard InChI is InChI=1S/C67H112O6/c1-4-7-10-13-15-17-19-21-23-25-27-29-31-32-33-34-36-37-39-41-43-45-47-49-51-54-57-60-66(69)72-63-64(62-71-65(68)59-56-53-12-9-6-3)73-67(70)61-58-55-52-50-48-46-44-42-40-38-35-30-28-26-24-22-20-18-16-14-11-8-5-2/h7-8,10-11,15-18,21-24,27-30,32-33,64H,4-6,9,12-14,19-20,25-26,31,34-63H2,1-3H3/b10-7-,11-8-,17-15-,18-16-,23-21-,24-22-,29-27-,30-28-,33-32-. The number of allylic oxidation sites excluding steroid dienone is 18. The quantitative estimate of drug-likeness (QED) is 0.0261. The highest BCUT2D eigenvalue weighted by atomic mass is 16.6. The zero-order valence-corrected chi connectivity index (χ0v) is 47.6. The zero-order valence-electron chi connectivity index (χ0n) is 47.6. The number of esters is 3. The number of unbranched alkanes of at least 4 members (excludes halogenated alkanes) is 25. The Labute approximate surface area is 450 Å². The molecule has 0 aliphatic rings. The number of hydrogen-bond donors (Lipinski definition) is 0. The minimum absolute atomic E-state index is 0.0810. The van der Waals surface area contributed by atoms with Crippen molar-refractivity contribution in [1.82, 2.24) is 0 Å². The monoisotopic (exact) mass is 1010 g/mol. The lowest BCUT2D eigenvalue weighted by Gasteiger charge is -2.18. The van der Waals surface area contributed by atoms with Crippen molar-refractivity contribution in [1.29, 1.82) is 0 Å².